The van der Waals surface area contributed by atoms with Crippen LogP contribution < -0.4 is 0 Å². The van der Waals surface area contributed by atoms with Crippen LogP contribution in [0.25, 0.3) is 5.65 Å². The second-order valence-corrected chi connectivity index (χ2v) is 5.87. The Morgan fingerprint density at radius 1 is 1.22 bits per heavy atom. The first kappa shape index (κ1) is 15.3. The fraction of sp³-hybridized carbons (Fsp3) is 0.353. The van der Waals surface area contributed by atoms with E-state index in [1.165, 1.54) is 0 Å². The minimum atomic E-state index is 0.0516. The molecule has 0 aromatic carbocycles. The highest BCUT2D eigenvalue weighted by atomic mass is 16.2. The van der Waals surface area contributed by atoms with E-state index in [0.717, 1.165) is 28.4 Å². The average molecular weight is 311 g/mol. The van der Waals surface area contributed by atoms with E-state index in [1.807, 2.05) is 61.2 Å². The Labute approximate surface area is 135 Å². The summed E-state index contributed by atoms with van der Waals surface area (Å²) in [5, 5.41) is 0. The number of hydrogen-bond acceptors (Lipinski definition) is 3. The van der Waals surface area contributed by atoms with E-state index >= 15 is 0 Å². The van der Waals surface area contributed by atoms with Crippen molar-refractivity contribution in [1.82, 2.24) is 23.8 Å². The van der Waals surface area contributed by atoms with Crippen LogP contribution in [0, 0.1) is 20.8 Å². The molecule has 0 aliphatic rings. The fourth-order valence-corrected chi connectivity index (χ4v) is 2.64. The van der Waals surface area contributed by atoms with Gasteiger partial charge in [-0.15, -0.1) is 0 Å². The normalized spacial score (nSPS) is 11.1. The van der Waals surface area contributed by atoms with Crippen LogP contribution in [-0.2, 0) is 17.9 Å². The first-order valence-corrected chi connectivity index (χ1v) is 7.62. The smallest absolute Gasteiger partial charge is 0.242 e. The Kier molecular flexibility index (Phi) is 3.90. The van der Waals surface area contributed by atoms with Crippen molar-refractivity contribution >= 4 is 11.6 Å². The number of aromatic nitrogens is 4. The molecule has 0 bridgehead atoms. The number of rotatable bonds is 4. The molecule has 0 N–H and O–H groups in total. The Morgan fingerprint density at radius 2 is 2.00 bits per heavy atom. The summed E-state index contributed by atoms with van der Waals surface area (Å²) in [4.78, 5) is 23.0. The molecule has 6 heteroatoms. The van der Waals surface area contributed by atoms with Crippen LogP contribution in [0.4, 0.5) is 0 Å². The third-order valence-electron chi connectivity index (χ3n) is 4.29. The quantitative estimate of drug-likeness (QED) is 0.741. The lowest BCUT2D eigenvalue weighted by atomic mass is 10.3. The van der Waals surface area contributed by atoms with Crippen molar-refractivity contribution in [1.29, 1.82) is 0 Å². The predicted molar refractivity (Wildman–Crippen MR) is 88.1 cm³/mol. The Hall–Kier alpha value is -2.63. The maximum absolute atomic E-state index is 12.5. The summed E-state index contributed by atoms with van der Waals surface area (Å²) in [6.07, 6.45) is 3.70. The summed E-state index contributed by atoms with van der Waals surface area (Å²) in [5.41, 5.74) is 4.87. The number of hydrogen-bond donors (Lipinski definition) is 0. The third-order valence-corrected chi connectivity index (χ3v) is 4.29. The van der Waals surface area contributed by atoms with Crippen LogP contribution in [0.2, 0.25) is 0 Å². The number of amides is 1. The monoisotopic (exact) mass is 311 g/mol. The molecule has 0 fully saturated rings. The van der Waals surface area contributed by atoms with Gasteiger partial charge >= 0.3 is 0 Å². The van der Waals surface area contributed by atoms with Crippen LogP contribution in [-0.4, -0.2) is 36.8 Å². The maximum atomic E-state index is 12.5. The molecule has 3 aromatic rings. The van der Waals surface area contributed by atoms with Crippen molar-refractivity contribution in [2.75, 3.05) is 7.05 Å². The highest BCUT2D eigenvalue weighted by Crippen LogP contribution is 2.14. The van der Waals surface area contributed by atoms with Crippen LogP contribution in [0.3, 0.4) is 0 Å². The lowest BCUT2D eigenvalue weighted by molar-refractivity contribution is -0.131. The van der Waals surface area contributed by atoms with Gasteiger partial charge in [0.15, 0.2) is 0 Å². The highest BCUT2D eigenvalue weighted by Gasteiger charge is 2.16. The number of imidazole rings is 2. The van der Waals surface area contributed by atoms with Gasteiger partial charge < -0.3 is 13.9 Å². The molecular formula is C17H21N5O. The lowest BCUT2D eigenvalue weighted by Crippen LogP contribution is -2.30. The van der Waals surface area contributed by atoms with Gasteiger partial charge in [0.25, 0.3) is 0 Å². The van der Waals surface area contributed by atoms with Crippen LogP contribution >= 0.6 is 0 Å². The minimum Gasteiger partial charge on any atom is -0.338 e. The molecule has 3 heterocycles. The second kappa shape index (κ2) is 5.87. The number of nitrogens with zero attached hydrogens (tertiary/aromatic N) is 5. The van der Waals surface area contributed by atoms with Crippen molar-refractivity contribution in [2.45, 2.75) is 33.9 Å². The van der Waals surface area contributed by atoms with Gasteiger partial charge in [-0.3, -0.25) is 4.79 Å². The van der Waals surface area contributed by atoms with E-state index in [-0.39, 0.29) is 5.91 Å². The number of pyridine rings is 1. The molecule has 6 nitrogen and oxygen atoms in total. The number of likely N-dealkylation sites (N-methyl/N-ethyl adjacent to an activating group) is 1. The summed E-state index contributed by atoms with van der Waals surface area (Å²) in [5.74, 6) is 0.0516. The van der Waals surface area contributed by atoms with E-state index in [2.05, 4.69) is 9.97 Å². The van der Waals surface area contributed by atoms with Gasteiger partial charge in [0.05, 0.1) is 30.0 Å². The molecule has 23 heavy (non-hydrogen) atoms. The number of fused-ring (bicyclic) bond motifs is 1. The van der Waals surface area contributed by atoms with Gasteiger partial charge in [-0.2, -0.15) is 0 Å². The molecule has 0 spiro atoms. The molecule has 0 aliphatic carbocycles. The second-order valence-electron chi connectivity index (χ2n) is 5.87. The zero-order valence-corrected chi connectivity index (χ0v) is 13.9. The first-order chi connectivity index (χ1) is 11.0. The summed E-state index contributed by atoms with van der Waals surface area (Å²) in [6.45, 7) is 6.73. The zero-order valence-electron chi connectivity index (χ0n) is 13.9. The Morgan fingerprint density at radius 3 is 2.70 bits per heavy atom. The van der Waals surface area contributed by atoms with E-state index in [1.54, 1.807) is 11.2 Å². The van der Waals surface area contributed by atoms with Gasteiger partial charge in [0, 0.05) is 18.9 Å². The Balaban J connectivity index is 1.77. The third kappa shape index (κ3) is 2.84. The highest BCUT2D eigenvalue weighted by molar-refractivity contribution is 5.75. The number of aryl methyl sites for hydroxylation is 2. The van der Waals surface area contributed by atoms with E-state index in [9.17, 15) is 4.79 Å². The summed E-state index contributed by atoms with van der Waals surface area (Å²) in [6, 6.07) is 5.90. The van der Waals surface area contributed by atoms with Gasteiger partial charge in [-0.25, -0.2) is 9.97 Å². The molecule has 0 unspecified atom stereocenters. The molecule has 3 rings (SSSR count). The molecule has 3 aromatic heterocycles. The maximum Gasteiger partial charge on any atom is 0.242 e. The molecule has 0 aliphatic heterocycles. The number of carbonyl (C=O) groups is 1. The largest absolute Gasteiger partial charge is 0.338 e. The van der Waals surface area contributed by atoms with Crippen LogP contribution in [0.15, 0.2) is 30.7 Å². The van der Waals surface area contributed by atoms with Crippen LogP contribution in [0.1, 0.15) is 22.8 Å². The number of carbonyl (C=O) groups excluding carboxylic acids is 1. The molecular weight excluding hydrogens is 290 g/mol. The van der Waals surface area contributed by atoms with Crippen molar-refractivity contribution in [3.63, 3.8) is 0 Å². The lowest BCUT2D eigenvalue weighted by Gasteiger charge is -2.18. The SMILES string of the molecule is Cc1ncn(CC(=O)N(C)Cc2c(C)nc3ccccn23)c1C. The molecule has 120 valence electrons. The standard InChI is InChI=1S/C17H21N5O/c1-12-14(3)21(11-18-12)10-17(23)20(4)9-15-13(2)19-16-7-5-6-8-22(15)16/h5-8,11H,9-10H2,1-4H3. The molecule has 1 amide bonds. The van der Waals surface area contributed by atoms with Crippen molar-refractivity contribution in [2.24, 2.45) is 0 Å². The van der Waals surface area contributed by atoms with Crippen molar-refractivity contribution in [3.8, 4) is 0 Å². The zero-order chi connectivity index (χ0) is 16.6. The van der Waals surface area contributed by atoms with E-state index < -0.39 is 0 Å². The van der Waals surface area contributed by atoms with Gasteiger partial charge in [0.1, 0.15) is 12.2 Å². The first-order valence-electron chi connectivity index (χ1n) is 7.62. The fourth-order valence-electron chi connectivity index (χ4n) is 2.64. The molecule has 0 atom stereocenters. The summed E-state index contributed by atoms with van der Waals surface area (Å²) in [7, 11) is 1.82. The molecule has 0 radical (unpaired) electrons. The van der Waals surface area contributed by atoms with Crippen molar-refractivity contribution in [3.05, 3.63) is 53.5 Å². The van der Waals surface area contributed by atoms with Crippen LogP contribution in [0.5, 0.6) is 0 Å². The van der Waals surface area contributed by atoms with Gasteiger partial charge in [0.2, 0.25) is 5.91 Å². The van der Waals surface area contributed by atoms with Gasteiger partial charge in [-0.1, -0.05) is 6.07 Å². The van der Waals surface area contributed by atoms with Crippen molar-refractivity contribution < 1.29 is 4.79 Å². The average Bonchev–Trinajstić information content (AvgIpc) is 3.01. The summed E-state index contributed by atoms with van der Waals surface area (Å²) >= 11 is 0. The van der Waals surface area contributed by atoms with Gasteiger partial charge in [-0.05, 0) is 32.9 Å². The summed E-state index contributed by atoms with van der Waals surface area (Å²) < 4.78 is 3.92. The van der Waals surface area contributed by atoms with E-state index in [4.69, 9.17) is 0 Å². The topological polar surface area (TPSA) is 55.4 Å². The molecule has 0 saturated heterocycles. The minimum absolute atomic E-state index is 0.0516. The van der Waals surface area contributed by atoms with E-state index in [0.29, 0.717) is 13.1 Å². The predicted octanol–water partition coefficient (Wildman–Crippen LogP) is 2.11. The Bertz CT molecular complexity index is 861. The molecule has 0 saturated carbocycles.